The molecule has 1 amide bonds. The maximum Gasteiger partial charge on any atom is 0.293 e. The van der Waals surface area contributed by atoms with E-state index in [1.165, 1.54) is 16.9 Å². The van der Waals surface area contributed by atoms with Crippen LogP contribution in [0.2, 0.25) is 0 Å². The molecule has 0 aromatic carbocycles. The lowest BCUT2D eigenvalue weighted by Gasteiger charge is -2.32. The fourth-order valence-corrected chi connectivity index (χ4v) is 5.50. The van der Waals surface area contributed by atoms with Crippen LogP contribution in [0, 0.1) is 6.92 Å². The predicted octanol–water partition coefficient (Wildman–Crippen LogP) is 3.51. The molecule has 0 unspecified atom stereocenters. The fourth-order valence-electron chi connectivity index (χ4n) is 4.36. The van der Waals surface area contributed by atoms with E-state index < -0.39 is 0 Å². The molecule has 148 valence electrons. The summed E-state index contributed by atoms with van der Waals surface area (Å²) in [7, 11) is 0. The van der Waals surface area contributed by atoms with Crippen molar-refractivity contribution >= 4 is 33.1 Å². The van der Waals surface area contributed by atoms with E-state index in [-0.39, 0.29) is 23.4 Å². The number of hydrogen-bond acceptors (Lipinski definition) is 6. The SMILES string of the molecule is Cc1nc2sc3c(c2c2nc(C(=O)N4CCCC[C@@H]4C)nn12)CC(C)(C)OC3. The number of nitrogens with zero attached hydrogens (tertiary/aromatic N) is 5. The highest BCUT2D eigenvalue weighted by atomic mass is 32.1. The Morgan fingerprint density at radius 2 is 2.11 bits per heavy atom. The molecule has 0 aliphatic carbocycles. The Kier molecular flexibility index (Phi) is 4.00. The monoisotopic (exact) mass is 399 g/mol. The number of piperidine rings is 1. The van der Waals surface area contributed by atoms with Crippen molar-refractivity contribution in [1.82, 2.24) is 24.5 Å². The van der Waals surface area contributed by atoms with Gasteiger partial charge in [0.05, 0.1) is 17.6 Å². The first-order valence-electron chi connectivity index (χ1n) is 9.96. The molecule has 3 aromatic rings. The van der Waals surface area contributed by atoms with Crippen LogP contribution < -0.4 is 0 Å². The Labute approximate surface area is 167 Å². The number of thiophene rings is 1. The molecule has 7 nitrogen and oxygen atoms in total. The molecule has 2 aliphatic heterocycles. The van der Waals surface area contributed by atoms with Crippen molar-refractivity contribution in [3.63, 3.8) is 0 Å². The van der Waals surface area contributed by atoms with Crippen LogP contribution in [0.15, 0.2) is 0 Å². The Morgan fingerprint density at radius 3 is 2.89 bits per heavy atom. The molecule has 5 rings (SSSR count). The first kappa shape index (κ1) is 18.0. The van der Waals surface area contributed by atoms with E-state index in [0.717, 1.165) is 47.5 Å². The Hall–Kier alpha value is -2.06. The number of rotatable bonds is 1. The van der Waals surface area contributed by atoms with Crippen molar-refractivity contribution in [3.05, 3.63) is 22.1 Å². The summed E-state index contributed by atoms with van der Waals surface area (Å²) < 4.78 is 7.71. The van der Waals surface area contributed by atoms with Crippen LogP contribution in [-0.2, 0) is 17.8 Å². The van der Waals surface area contributed by atoms with E-state index in [9.17, 15) is 4.79 Å². The van der Waals surface area contributed by atoms with Crippen LogP contribution in [-0.4, -0.2) is 48.6 Å². The maximum absolute atomic E-state index is 13.1. The lowest BCUT2D eigenvalue weighted by Crippen LogP contribution is -2.42. The zero-order chi connectivity index (χ0) is 19.6. The third-order valence-corrected chi connectivity index (χ3v) is 7.02. The van der Waals surface area contributed by atoms with E-state index in [1.807, 2.05) is 11.8 Å². The Balaban J connectivity index is 1.66. The van der Waals surface area contributed by atoms with Gasteiger partial charge in [0.15, 0.2) is 5.65 Å². The summed E-state index contributed by atoms with van der Waals surface area (Å²) in [5.74, 6) is 0.952. The van der Waals surface area contributed by atoms with Gasteiger partial charge in [0.1, 0.15) is 10.7 Å². The summed E-state index contributed by atoms with van der Waals surface area (Å²) in [4.78, 5) is 26.7. The smallest absolute Gasteiger partial charge is 0.293 e. The standard InChI is InChI=1S/C20H25N5O2S/c1-11-7-5-6-8-24(11)19(26)16-22-17-15-13-9-20(3,4)27-10-14(13)28-18(15)21-12(2)25(17)23-16/h11H,5-10H2,1-4H3/t11-/m0/s1. The molecule has 0 saturated carbocycles. The largest absolute Gasteiger partial charge is 0.370 e. The van der Waals surface area contributed by atoms with Crippen LogP contribution in [0.5, 0.6) is 0 Å². The maximum atomic E-state index is 13.1. The van der Waals surface area contributed by atoms with Gasteiger partial charge in [-0.05, 0) is 52.5 Å². The zero-order valence-electron chi connectivity index (χ0n) is 16.8. The summed E-state index contributed by atoms with van der Waals surface area (Å²) >= 11 is 1.66. The van der Waals surface area contributed by atoms with Crippen molar-refractivity contribution in [2.24, 2.45) is 0 Å². The first-order valence-corrected chi connectivity index (χ1v) is 10.8. The number of ether oxygens (including phenoxy) is 1. The first-order chi connectivity index (χ1) is 13.3. The molecule has 8 heteroatoms. The molecule has 0 bridgehead atoms. The van der Waals surface area contributed by atoms with Gasteiger partial charge in [-0.15, -0.1) is 16.4 Å². The van der Waals surface area contributed by atoms with Crippen molar-refractivity contribution in [2.45, 2.75) is 71.6 Å². The van der Waals surface area contributed by atoms with Gasteiger partial charge in [0, 0.05) is 23.9 Å². The molecule has 1 fully saturated rings. The number of carbonyl (C=O) groups is 1. The summed E-state index contributed by atoms with van der Waals surface area (Å²) in [5, 5.41) is 5.59. The van der Waals surface area contributed by atoms with Gasteiger partial charge in [-0.3, -0.25) is 4.79 Å². The predicted molar refractivity (Wildman–Crippen MR) is 108 cm³/mol. The van der Waals surface area contributed by atoms with Gasteiger partial charge in [0.2, 0.25) is 5.82 Å². The number of aromatic nitrogens is 4. The van der Waals surface area contributed by atoms with Crippen LogP contribution in [0.1, 0.15) is 66.9 Å². The minimum absolute atomic E-state index is 0.0730. The minimum atomic E-state index is -0.217. The third kappa shape index (κ3) is 2.73. The fraction of sp³-hybridized carbons (Fsp3) is 0.600. The van der Waals surface area contributed by atoms with Crippen LogP contribution in [0.25, 0.3) is 15.9 Å². The third-order valence-electron chi connectivity index (χ3n) is 5.92. The van der Waals surface area contributed by atoms with E-state index in [1.54, 1.807) is 15.9 Å². The molecular formula is C20H25N5O2S. The highest BCUT2D eigenvalue weighted by Gasteiger charge is 2.32. The summed E-state index contributed by atoms with van der Waals surface area (Å²) in [6.07, 6.45) is 4.06. The quantitative estimate of drug-likeness (QED) is 0.626. The molecule has 3 aromatic heterocycles. The van der Waals surface area contributed by atoms with Crippen LogP contribution >= 0.6 is 11.3 Å². The molecule has 1 atom stereocenters. The lowest BCUT2D eigenvalue weighted by atomic mass is 9.94. The summed E-state index contributed by atoms with van der Waals surface area (Å²) in [6.45, 7) is 9.61. The van der Waals surface area contributed by atoms with Gasteiger partial charge in [-0.2, -0.15) is 4.52 Å². The average molecular weight is 400 g/mol. The minimum Gasteiger partial charge on any atom is -0.370 e. The number of amides is 1. The van der Waals surface area contributed by atoms with Gasteiger partial charge in [0.25, 0.3) is 5.91 Å². The molecular weight excluding hydrogens is 374 g/mol. The molecule has 0 N–H and O–H groups in total. The van der Waals surface area contributed by atoms with Crippen molar-refractivity contribution in [3.8, 4) is 0 Å². The summed E-state index contributed by atoms with van der Waals surface area (Å²) in [6, 6.07) is 0.235. The Morgan fingerprint density at radius 1 is 1.29 bits per heavy atom. The number of likely N-dealkylation sites (tertiary alicyclic amines) is 1. The normalized spacial score (nSPS) is 22.0. The molecule has 2 aliphatic rings. The highest BCUT2D eigenvalue weighted by Crippen LogP contribution is 2.39. The van der Waals surface area contributed by atoms with Crippen LogP contribution in [0.4, 0.5) is 0 Å². The number of fused-ring (bicyclic) bond motifs is 5. The van der Waals surface area contributed by atoms with Crippen molar-refractivity contribution in [1.29, 1.82) is 0 Å². The molecule has 28 heavy (non-hydrogen) atoms. The topological polar surface area (TPSA) is 72.6 Å². The highest BCUT2D eigenvalue weighted by molar-refractivity contribution is 7.19. The second kappa shape index (κ2) is 6.22. The average Bonchev–Trinajstić information content (AvgIpc) is 3.22. The number of carbonyl (C=O) groups excluding carboxylic acids is 1. The van der Waals surface area contributed by atoms with Gasteiger partial charge < -0.3 is 9.64 Å². The van der Waals surface area contributed by atoms with Gasteiger partial charge >= 0.3 is 0 Å². The van der Waals surface area contributed by atoms with E-state index in [0.29, 0.717) is 6.61 Å². The second-order valence-electron chi connectivity index (χ2n) is 8.58. The van der Waals surface area contributed by atoms with E-state index >= 15 is 0 Å². The summed E-state index contributed by atoms with van der Waals surface area (Å²) in [5.41, 5.74) is 1.77. The molecule has 5 heterocycles. The zero-order valence-corrected chi connectivity index (χ0v) is 17.6. The lowest BCUT2D eigenvalue weighted by molar-refractivity contribution is -0.0379. The van der Waals surface area contributed by atoms with Crippen molar-refractivity contribution < 1.29 is 9.53 Å². The molecule has 0 radical (unpaired) electrons. The number of hydrogen-bond donors (Lipinski definition) is 0. The van der Waals surface area contributed by atoms with Gasteiger partial charge in [-0.1, -0.05) is 0 Å². The molecule has 0 spiro atoms. The molecule has 1 saturated heterocycles. The van der Waals surface area contributed by atoms with E-state index in [2.05, 4.69) is 25.9 Å². The van der Waals surface area contributed by atoms with Crippen molar-refractivity contribution in [2.75, 3.05) is 6.54 Å². The second-order valence-corrected chi connectivity index (χ2v) is 9.67. The van der Waals surface area contributed by atoms with Gasteiger partial charge in [-0.25, -0.2) is 9.97 Å². The number of aryl methyl sites for hydroxylation is 1. The van der Waals surface area contributed by atoms with Crippen LogP contribution in [0.3, 0.4) is 0 Å². The van der Waals surface area contributed by atoms with E-state index in [4.69, 9.17) is 14.7 Å². The Bertz CT molecular complexity index is 1100.